The Bertz CT molecular complexity index is 480. The van der Waals surface area contributed by atoms with Crippen molar-refractivity contribution in [1.29, 1.82) is 0 Å². The molecule has 22 heavy (non-hydrogen) atoms. The van der Waals surface area contributed by atoms with Crippen LogP contribution >= 0.6 is 0 Å². The first-order chi connectivity index (χ1) is 10.8. The van der Waals surface area contributed by atoms with Crippen LogP contribution < -0.4 is 10.6 Å². The molecule has 1 aromatic heterocycles. The second-order valence-electron chi connectivity index (χ2n) is 5.80. The van der Waals surface area contributed by atoms with Gasteiger partial charge in [-0.2, -0.15) is 0 Å². The molecule has 0 saturated carbocycles. The van der Waals surface area contributed by atoms with E-state index in [1.807, 2.05) is 6.07 Å². The maximum Gasteiger partial charge on any atom is 0.225 e. The van der Waals surface area contributed by atoms with Gasteiger partial charge in [0, 0.05) is 57.6 Å². The van der Waals surface area contributed by atoms with Gasteiger partial charge in [0.1, 0.15) is 0 Å². The lowest BCUT2D eigenvalue weighted by molar-refractivity contribution is 0.0581. The van der Waals surface area contributed by atoms with Crippen molar-refractivity contribution in [3.63, 3.8) is 0 Å². The van der Waals surface area contributed by atoms with Crippen molar-refractivity contribution in [2.45, 2.75) is 12.8 Å². The predicted molar refractivity (Wildman–Crippen MR) is 85.9 cm³/mol. The number of guanidine groups is 1. The van der Waals surface area contributed by atoms with E-state index in [0.29, 0.717) is 11.9 Å². The van der Waals surface area contributed by atoms with Gasteiger partial charge in [0.05, 0.1) is 6.61 Å². The zero-order valence-electron chi connectivity index (χ0n) is 12.9. The van der Waals surface area contributed by atoms with Crippen molar-refractivity contribution >= 4 is 11.9 Å². The number of nitrogens with two attached hydrogens (primary N) is 1. The van der Waals surface area contributed by atoms with Crippen molar-refractivity contribution in [3.05, 3.63) is 18.5 Å². The van der Waals surface area contributed by atoms with Crippen molar-refractivity contribution in [2.75, 3.05) is 50.8 Å². The standard InChI is InChI=1S/C15H24N6O/c16-14(19-11-13-3-1-10-22-12-13)20-6-8-21(9-7-20)15-17-4-2-5-18-15/h2,4-5,13H,1,3,6-12H2,(H2,16,19). The molecule has 0 aromatic carbocycles. The highest BCUT2D eigenvalue weighted by Crippen LogP contribution is 2.14. The van der Waals surface area contributed by atoms with Crippen LogP contribution in [0.1, 0.15) is 12.8 Å². The van der Waals surface area contributed by atoms with E-state index < -0.39 is 0 Å². The van der Waals surface area contributed by atoms with Gasteiger partial charge in [-0.1, -0.05) is 0 Å². The van der Waals surface area contributed by atoms with Crippen LogP contribution in [0.25, 0.3) is 0 Å². The maximum atomic E-state index is 6.14. The van der Waals surface area contributed by atoms with Crippen molar-refractivity contribution in [2.24, 2.45) is 16.6 Å². The van der Waals surface area contributed by atoms with E-state index in [1.54, 1.807) is 12.4 Å². The summed E-state index contributed by atoms with van der Waals surface area (Å²) in [7, 11) is 0. The molecule has 2 N–H and O–H groups in total. The Morgan fingerprint density at radius 3 is 2.73 bits per heavy atom. The molecule has 1 aromatic rings. The number of hydrogen-bond donors (Lipinski definition) is 1. The zero-order valence-corrected chi connectivity index (χ0v) is 12.9. The third-order valence-corrected chi connectivity index (χ3v) is 4.20. The maximum absolute atomic E-state index is 6.14. The van der Waals surface area contributed by atoms with Crippen LogP contribution in [-0.2, 0) is 4.74 Å². The van der Waals surface area contributed by atoms with Gasteiger partial charge >= 0.3 is 0 Å². The molecule has 2 aliphatic rings. The Morgan fingerprint density at radius 1 is 1.27 bits per heavy atom. The third-order valence-electron chi connectivity index (χ3n) is 4.20. The van der Waals surface area contributed by atoms with E-state index in [2.05, 4.69) is 24.8 Å². The summed E-state index contributed by atoms with van der Waals surface area (Å²) in [5.74, 6) is 1.96. The van der Waals surface area contributed by atoms with Crippen LogP contribution in [0.15, 0.2) is 23.5 Å². The van der Waals surface area contributed by atoms with Gasteiger partial charge in [-0.15, -0.1) is 0 Å². The molecule has 7 heteroatoms. The SMILES string of the molecule is NC(=NCC1CCCOC1)N1CCN(c2ncccn2)CC1. The second kappa shape index (κ2) is 7.40. The number of aliphatic imine (C=N–C) groups is 1. The average Bonchev–Trinajstić information content (AvgIpc) is 2.61. The van der Waals surface area contributed by atoms with Crippen LogP contribution in [0, 0.1) is 5.92 Å². The number of aromatic nitrogens is 2. The molecule has 0 spiro atoms. The average molecular weight is 304 g/mol. The molecular weight excluding hydrogens is 280 g/mol. The summed E-state index contributed by atoms with van der Waals surface area (Å²) in [5.41, 5.74) is 6.14. The van der Waals surface area contributed by atoms with Crippen LogP contribution in [0.5, 0.6) is 0 Å². The van der Waals surface area contributed by atoms with Crippen LogP contribution in [0.2, 0.25) is 0 Å². The molecule has 2 aliphatic heterocycles. The highest BCUT2D eigenvalue weighted by molar-refractivity contribution is 5.78. The van der Waals surface area contributed by atoms with E-state index in [9.17, 15) is 0 Å². The van der Waals surface area contributed by atoms with Crippen molar-refractivity contribution in [1.82, 2.24) is 14.9 Å². The first-order valence-electron chi connectivity index (χ1n) is 7.97. The third kappa shape index (κ3) is 3.85. The van der Waals surface area contributed by atoms with Crippen LogP contribution in [-0.4, -0.2) is 66.8 Å². The van der Waals surface area contributed by atoms with Gasteiger partial charge in [0.25, 0.3) is 0 Å². The number of ether oxygens (including phenoxy) is 1. The molecule has 0 aliphatic carbocycles. The molecule has 0 radical (unpaired) electrons. The fourth-order valence-corrected chi connectivity index (χ4v) is 2.86. The summed E-state index contributed by atoms with van der Waals surface area (Å²) in [6.07, 6.45) is 5.87. The summed E-state index contributed by atoms with van der Waals surface area (Å²) in [4.78, 5) is 17.5. The topological polar surface area (TPSA) is 79.9 Å². The minimum Gasteiger partial charge on any atom is -0.381 e. The fraction of sp³-hybridized carbons (Fsp3) is 0.667. The summed E-state index contributed by atoms with van der Waals surface area (Å²) in [6, 6.07) is 1.83. The summed E-state index contributed by atoms with van der Waals surface area (Å²) in [5, 5.41) is 0. The van der Waals surface area contributed by atoms with Crippen molar-refractivity contribution < 1.29 is 4.74 Å². The van der Waals surface area contributed by atoms with E-state index in [4.69, 9.17) is 10.5 Å². The van der Waals surface area contributed by atoms with Crippen LogP contribution in [0.3, 0.4) is 0 Å². The molecule has 0 amide bonds. The molecular formula is C15H24N6O. The van der Waals surface area contributed by atoms with Crippen molar-refractivity contribution in [3.8, 4) is 0 Å². The van der Waals surface area contributed by atoms with Gasteiger partial charge in [-0.3, -0.25) is 4.99 Å². The van der Waals surface area contributed by atoms with E-state index in [-0.39, 0.29) is 0 Å². The molecule has 7 nitrogen and oxygen atoms in total. The summed E-state index contributed by atoms with van der Waals surface area (Å²) in [6.45, 7) is 5.92. The van der Waals surface area contributed by atoms with Gasteiger partial charge < -0.3 is 20.3 Å². The first kappa shape index (κ1) is 15.0. The molecule has 2 fully saturated rings. The minimum absolute atomic E-state index is 0.520. The number of rotatable bonds is 3. The van der Waals surface area contributed by atoms with E-state index in [0.717, 1.165) is 58.3 Å². The molecule has 1 unspecified atom stereocenters. The molecule has 120 valence electrons. The number of anilines is 1. The highest BCUT2D eigenvalue weighted by atomic mass is 16.5. The zero-order chi connectivity index (χ0) is 15.2. The normalized spacial score (nSPS) is 23.6. The quantitative estimate of drug-likeness (QED) is 0.641. The monoisotopic (exact) mass is 304 g/mol. The molecule has 3 rings (SSSR count). The van der Waals surface area contributed by atoms with Gasteiger partial charge in [-0.25, -0.2) is 9.97 Å². The lowest BCUT2D eigenvalue weighted by atomic mass is 10.0. The first-order valence-corrected chi connectivity index (χ1v) is 7.97. The smallest absolute Gasteiger partial charge is 0.225 e. The van der Waals surface area contributed by atoms with Gasteiger partial charge in [0.15, 0.2) is 5.96 Å². The Kier molecular flexibility index (Phi) is 5.05. The molecule has 0 bridgehead atoms. The van der Waals surface area contributed by atoms with Crippen LogP contribution in [0.4, 0.5) is 5.95 Å². The number of piperazine rings is 1. The minimum atomic E-state index is 0.520. The molecule has 3 heterocycles. The highest BCUT2D eigenvalue weighted by Gasteiger charge is 2.20. The Labute approximate surface area is 131 Å². The lowest BCUT2D eigenvalue weighted by Gasteiger charge is -2.35. The number of nitrogens with zero attached hydrogens (tertiary/aromatic N) is 5. The number of hydrogen-bond acceptors (Lipinski definition) is 5. The lowest BCUT2D eigenvalue weighted by Crippen LogP contribution is -2.51. The molecule has 1 atom stereocenters. The Hall–Kier alpha value is -1.89. The fourth-order valence-electron chi connectivity index (χ4n) is 2.86. The Morgan fingerprint density at radius 2 is 2.05 bits per heavy atom. The Balaban J connectivity index is 1.48. The summed E-state index contributed by atoms with van der Waals surface area (Å²) >= 11 is 0. The molecule has 2 saturated heterocycles. The van der Waals surface area contributed by atoms with E-state index in [1.165, 1.54) is 6.42 Å². The predicted octanol–water partition coefficient (Wildman–Crippen LogP) is 0.340. The largest absolute Gasteiger partial charge is 0.381 e. The van der Waals surface area contributed by atoms with Gasteiger partial charge in [-0.05, 0) is 18.9 Å². The van der Waals surface area contributed by atoms with Gasteiger partial charge in [0.2, 0.25) is 5.95 Å². The van der Waals surface area contributed by atoms with E-state index >= 15 is 0 Å². The second-order valence-corrected chi connectivity index (χ2v) is 5.80. The summed E-state index contributed by atoms with van der Waals surface area (Å²) < 4.78 is 5.48.